The summed E-state index contributed by atoms with van der Waals surface area (Å²) < 4.78 is 5.62. The Morgan fingerprint density at radius 2 is 1.90 bits per heavy atom. The summed E-state index contributed by atoms with van der Waals surface area (Å²) >= 11 is 0. The summed E-state index contributed by atoms with van der Waals surface area (Å²) in [6, 6.07) is 16.0. The first kappa shape index (κ1) is 14.0. The third kappa shape index (κ3) is 4.07. The molecular formula is C18H19NO. The van der Waals surface area contributed by atoms with Crippen LogP contribution in [0.4, 0.5) is 5.69 Å². The van der Waals surface area contributed by atoms with E-state index in [2.05, 4.69) is 23.4 Å². The van der Waals surface area contributed by atoms with Crippen LogP contribution in [0.15, 0.2) is 48.5 Å². The normalized spacial score (nSPS) is 10.1. The van der Waals surface area contributed by atoms with Gasteiger partial charge < -0.3 is 10.1 Å². The minimum atomic E-state index is 0.200. The highest BCUT2D eigenvalue weighted by atomic mass is 16.5. The molecule has 20 heavy (non-hydrogen) atoms. The molecule has 1 N–H and O–H groups in total. The van der Waals surface area contributed by atoms with Crippen LogP contribution in [0.2, 0.25) is 0 Å². The Kier molecular flexibility index (Phi) is 4.68. The van der Waals surface area contributed by atoms with E-state index in [9.17, 15) is 0 Å². The molecular weight excluding hydrogens is 246 g/mol. The van der Waals surface area contributed by atoms with E-state index in [1.165, 1.54) is 5.56 Å². The maximum atomic E-state index is 5.62. The van der Waals surface area contributed by atoms with E-state index in [4.69, 9.17) is 11.2 Å². The van der Waals surface area contributed by atoms with Gasteiger partial charge in [-0.3, -0.25) is 0 Å². The number of rotatable bonds is 5. The van der Waals surface area contributed by atoms with Gasteiger partial charge in [-0.05, 0) is 49.7 Å². The van der Waals surface area contributed by atoms with Crippen LogP contribution in [0.5, 0.6) is 5.75 Å². The molecule has 0 heterocycles. The van der Waals surface area contributed by atoms with Crippen LogP contribution in [-0.4, -0.2) is 6.10 Å². The Labute approximate surface area is 120 Å². The summed E-state index contributed by atoms with van der Waals surface area (Å²) in [6.07, 6.45) is 5.59. The van der Waals surface area contributed by atoms with E-state index in [1.807, 2.05) is 50.2 Å². The minimum absolute atomic E-state index is 0.200. The molecule has 2 aromatic carbocycles. The van der Waals surface area contributed by atoms with Gasteiger partial charge >= 0.3 is 0 Å². The van der Waals surface area contributed by atoms with Gasteiger partial charge in [0.1, 0.15) is 5.75 Å². The Morgan fingerprint density at radius 3 is 2.55 bits per heavy atom. The molecule has 0 amide bonds. The zero-order chi connectivity index (χ0) is 14.4. The fourth-order valence-electron chi connectivity index (χ4n) is 1.88. The van der Waals surface area contributed by atoms with E-state index >= 15 is 0 Å². The van der Waals surface area contributed by atoms with Gasteiger partial charge in [0.15, 0.2) is 0 Å². The van der Waals surface area contributed by atoms with Crippen LogP contribution < -0.4 is 10.1 Å². The number of nitrogens with one attached hydrogen (secondary N) is 1. The second kappa shape index (κ2) is 6.68. The fourth-order valence-corrected chi connectivity index (χ4v) is 1.88. The lowest BCUT2D eigenvalue weighted by Gasteiger charge is -2.11. The molecule has 0 spiro atoms. The highest BCUT2D eigenvalue weighted by molar-refractivity contribution is 5.50. The molecule has 0 aliphatic carbocycles. The lowest BCUT2D eigenvalue weighted by molar-refractivity contribution is 0.242. The van der Waals surface area contributed by atoms with Crippen molar-refractivity contribution in [2.75, 3.05) is 5.32 Å². The van der Waals surface area contributed by atoms with E-state index < -0.39 is 0 Å². The van der Waals surface area contributed by atoms with Crippen LogP contribution >= 0.6 is 0 Å². The molecule has 0 radical (unpaired) electrons. The number of hydrogen-bond donors (Lipinski definition) is 1. The third-order valence-electron chi connectivity index (χ3n) is 2.82. The van der Waals surface area contributed by atoms with E-state index in [1.54, 1.807) is 0 Å². The van der Waals surface area contributed by atoms with Crippen LogP contribution in [0, 0.1) is 12.3 Å². The molecule has 2 aromatic rings. The van der Waals surface area contributed by atoms with Gasteiger partial charge in [0.25, 0.3) is 0 Å². The van der Waals surface area contributed by atoms with E-state index in [0.29, 0.717) is 0 Å². The number of terminal acetylenes is 1. The number of anilines is 1. The summed E-state index contributed by atoms with van der Waals surface area (Å²) in [5.41, 5.74) is 3.12. The van der Waals surface area contributed by atoms with E-state index in [0.717, 1.165) is 23.5 Å². The topological polar surface area (TPSA) is 21.3 Å². The molecule has 102 valence electrons. The van der Waals surface area contributed by atoms with Gasteiger partial charge in [-0.15, -0.1) is 6.42 Å². The molecule has 0 fully saturated rings. The Balaban J connectivity index is 1.95. The molecule has 0 atom stereocenters. The first-order valence-electron chi connectivity index (χ1n) is 6.73. The Morgan fingerprint density at radius 1 is 1.15 bits per heavy atom. The van der Waals surface area contributed by atoms with Gasteiger partial charge in [-0.25, -0.2) is 0 Å². The molecule has 0 unspecified atom stereocenters. The van der Waals surface area contributed by atoms with Crippen LogP contribution in [0.1, 0.15) is 25.0 Å². The molecule has 0 aliphatic rings. The number of ether oxygens (including phenoxy) is 1. The van der Waals surface area contributed by atoms with Gasteiger partial charge in [0.2, 0.25) is 0 Å². The van der Waals surface area contributed by atoms with Crippen molar-refractivity contribution >= 4 is 5.69 Å². The van der Waals surface area contributed by atoms with E-state index in [-0.39, 0.29) is 6.10 Å². The quantitative estimate of drug-likeness (QED) is 0.823. The first-order chi connectivity index (χ1) is 9.67. The predicted molar refractivity (Wildman–Crippen MR) is 83.9 cm³/mol. The maximum absolute atomic E-state index is 5.62. The molecule has 0 saturated carbocycles. The van der Waals surface area contributed by atoms with Crippen molar-refractivity contribution in [2.24, 2.45) is 0 Å². The zero-order valence-corrected chi connectivity index (χ0v) is 11.9. The van der Waals surface area contributed by atoms with Crippen molar-refractivity contribution in [3.63, 3.8) is 0 Å². The number of hydrogen-bond acceptors (Lipinski definition) is 2. The molecule has 2 rings (SSSR count). The van der Waals surface area contributed by atoms with Crippen LogP contribution in [0.3, 0.4) is 0 Å². The lowest BCUT2D eigenvalue weighted by Crippen LogP contribution is -2.05. The minimum Gasteiger partial charge on any atom is -0.491 e. The molecule has 0 saturated heterocycles. The van der Waals surface area contributed by atoms with Crippen molar-refractivity contribution in [1.82, 2.24) is 0 Å². The standard InChI is InChI=1S/C18H19NO/c1-4-15-6-5-7-17(12-15)19-13-16-8-10-18(11-9-16)20-14(2)3/h1,5-12,14,19H,13H2,2-3H3. The summed E-state index contributed by atoms with van der Waals surface area (Å²) in [5, 5.41) is 3.36. The zero-order valence-electron chi connectivity index (χ0n) is 11.9. The van der Waals surface area contributed by atoms with Crippen molar-refractivity contribution in [1.29, 1.82) is 0 Å². The molecule has 2 heteroatoms. The van der Waals surface area contributed by atoms with Crippen LogP contribution in [-0.2, 0) is 6.54 Å². The van der Waals surface area contributed by atoms with Crippen LogP contribution in [0.25, 0.3) is 0 Å². The van der Waals surface area contributed by atoms with Crippen molar-refractivity contribution < 1.29 is 4.74 Å². The largest absolute Gasteiger partial charge is 0.491 e. The van der Waals surface area contributed by atoms with Gasteiger partial charge in [0, 0.05) is 17.8 Å². The SMILES string of the molecule is C#Cc1cccc(NCc2ccc(OC(C)C)cc2)c1. The average molecular weight is 265 g/mol. The molecule has 0 aliphatic heterocycles. The summed E-state index contributed by atoms with van der Waals surface area (Å²) in [4.78, 5) is 0. The third-order valence-corrected chi connectivity index (χ3v) is 2.82. The summed E-state index contributed by atoms with van der Waals surface area (Å²) in [7, 11) is 0. The Bertz CT molecular complexity index is 594. The first-order valence-corrected chi connectivity index (χ1v) is 6.73. The Hall–Kier alpha value is -2.40. The van der Waals surface area contributed by atoms with Gasteiger partial charge in [0.05, 0.1) is 6.10 Å². The lowest BCUT2D eigenvalue weighted by atomic mass is 10.2. The molecule has 2 nitrogen and oxygen atoms in total. The number of benzene rings is 2. The maximum Gasteiger partial charge on any atom is 0.119 e. The average Bonchev–Trinajstić information content (AvgIpc) is 2.46. The molecule has 0 bridgehead atoms. The van der Waals surface area contributed by atoms with Gasteiger partial charge in [-0.2, -0.15) is 0 Å². The summed E-state index contributed by atoms with van der Waals surface area (Å²) in [5.74, 6) is 3.54. The van der Waals surface area contributed by atoms with Gasteiger partial charge in [-0.1, -0.05) is 24.1 Å². The monoisotopic (exact) mass is 265 g/mol. The highest BCUT2D eigenvalue weighted by Gasteiger charge is 1.99. The molecule has 0 aromatic heterocycles. The fraction of sp³-hybridized carbons (Fsp3) is 0.222. The van der Waals surface area contributed by atoms with Crippen molar-refractivity contribution in [2.45, 2.75) is 26.5 Å². The smallest absolute Gasteiger partial charge is 0.119 e. The second-order valence-electron chi connectivity index (χ2n) is 4.89. The highest BCUT2D eigenvalue weighted by Crippen LogP contribution is 2.16. The van der Waals surface area contributed by atoms with Crippen molar-refractivity contribution in [3.05, 3.63) is 59.7 Å². The predicted octanol–water partition coefficient (Wildman–Crippen LogP) is 4.07. The van der Waals surface area contributed by atoms with Crippen molar-refractivity contribution in [3.8, 4) is 18.1 Å². The second-order valence-corrected chi connectivity index (χ2v) is 4.89. The summed E-state index contributed by atoms with van der Waals surface area (Å²) in [6.45, 7) is 4.80.